The molecule has 2 N–H and O–H groups in total. The summed E-state index contributed by atoms with van der Waals surface area (Å²) in [7, 11) is 0. The maximum Gasteiger partial charge on any atom is 0.141 e. The van der Waals surface area contributed by atoms with Gasteiger partial charge in [0.15, 0.2) is 0 Å². The van der Waals surface area contributed by atoms with Gasteiger partial charge < -0.3 is 5.73 Å². The zero-order chi connectivity index (χ0) is 13.0. The van der Waals surface area contributed by atoms with Crippen LogP contribution in [0.4, 0.5) is 4.39 Å². The first-order valence-corrected chi connectivity index (χ1v) is 6.69. The maximum atomic E-state index is 13.0. The number of thioether (sulfide) groups is 1. The molecule has 0 bridgehead atoms. The van der Waals surface area contributed by atoms with E-state index in [0.717, 1.165) is 5.56 Å². The van der Waals surface area contributed by atoms with Gasteiger partial charge >= 0.3 is 0 Å². The first-order chi connectivity index (χ1) is 8.65. The molecule has 2 rings (SSSR count). The molecule has 1 aromatic carbocycles. The Bertz CT molecular complexity index is 531. The summed E-state index contributed by atoms with van der Waals surface area (Å²) in [5.74, 6) is 0.359. The molecule has 1 unspecified atom stereocenters. The number of aromatic nitrogens is 1. The van der Waals surface area contributed by atoms with Gasteiger partial charge in [-0.1, -0.05) is 17.7 Å². The first-order valence-electron chi connectivity index (χ1n) is 5.70. The molecule has 0 saturated heterocycles. The third-order valence-corrected chi connectivity index (χ3v) is 3.69. The van der Waals surface area contributed by atoms with E-state index in [1.165, 1.54) is 22.7 Å². The van der Waals surface area contributed by atoms with Gasteiger partial charge in [-0.25, -0.2) is 4.39 Å². The lowest BCUT2D eigenvalue weighted by Crippen LogP contribution is -2.13. The smallest absolute Gasteiger partial charge is 0.141 e. The van der Waals surface area contributed by atoms with Crippen LogP contribution in [0.1, 0.15) is 17.2 Å². The fraction of sp³-hybridized carbons (Fsp3) is 0.214. The molecule has 0 aliphatic heterocycles. The van der Waals surface area contributed by atoms with Crippen LogP contribution in [-0.4, -0.2) is 10.7 Å². The van der Waals surface area contributed by atoms with Crippen LogP contribution in [0.5, 0.6) is 0 Å². The van der Waals surface area contributed by atoms with Crippen LogP contribution < -0.4 is 5.73 Å². The zero-order valence-electron chi connectivity index (χ0n) is 10.1. The summed E-state index contributed by atoms with van der Waals surface area (Å²) in [5.41, 5.74) is 7.98. The predicted molar refractivity (Wildman–Crippen MR) is 73.0 cm³/mol. The number of hydrogen-bond donors (Lipinski definition) is 1. The minimum atomic E-state index is -0.344. The largest absolute Gasteiger partial charge is 0.323 e. The second kappa shape index (κ2) is 5.98. The predicted octanol–water partition coefficient (Wildman–Crippen LogP) is 3.32. The molecular formula is C14H15FN2S. The molecule has 94 valence electrons. The van der Waals surface area contributed by atoms with E-state index in [1.807, 2.05) is 12.1 Å². The van der Waals surface area contributed by atoms with Gasteiger partial charge in [-0.15, -0.1) is 11.8 Å². The van der Waals surface area contributed by atoms with Crippen molar-refractivity contribution in [3.63, 3.8) is 0 Å². The van der Waals surface area contributed by atoms with Crippen molar-refractivity contribution in [2.24, 2.45) is 5.73 Å². The Kier molecular flexibility index (Phi) is 4.33. The molecule has 18 heavy (non-hydrogen) atoms. The van der Waals surface area contributed by atoms with E-state index in [1.54, 1.807) is 18.0 Å². The van der Waals surface area contributed by atoms with Crippen molar-refractivity contribution in [2.75, 3.05) is 5.75 Å². The van der Waals surface area contributed by atoms with Crippen molar-refractivity contribution < 1.29 is 4.39 Å². The molecule has 0 saturated carbocycles. The molecule has 0 aliphatic rings. The van der Waals surface area contributed by atoms with E-state index in [-0.39, 0.29) is 11.9 Å². The molecule has 0 amide bonds. The van der Waals surface area contributed by atoms with E-state index < -0.39 is 0 Å². The third-order valence-electron chi connectivity index (χ3n) is 2.57. The Labute approximate surface area is 110 Å². The highest BCUT2D eigenvalue weighted by Crippen LogP contribution is 2.24. The van der Waals surface area contributed by atoms with Gasteiger partial charge in [-0.05, 0) is 30.7 Å². The Morgan fingerprint density at radius 2 is 2.17 bits per heavy atom. The maximum absolute atomic E-state index is 13.0. The second-order valence-corrected chi connectivity index (χ2v) is 5.26. The van der Waals surface area contributed by atoms with Crippen LogP contribution >= 0.6 is 11.8 Å². The molecule has 0 aliphatic carbocycles. The second-order valence-electron chi connectivity index (χ2n) is 4.17. The van der Waals surface area contributed by atoms with Crippen LogP contribution in [0.25, 0.3) is 0 Å². The van der Waals surface area contributed by atoms with E-state index >= 15 is 0 Å². The van der Waals surface area contributed by atoms with Crippen LogP contribution in [0.15, 0.2) is 47.6 Å². The third kappa shape index (κ3) is 3.55. The average Bonchev–Trinajstić information content (AvgIpc) is 2.36. The number of nitrogens with two attached hydrogens (primary N) is 1. The molecular weight excluding hydrogens is 247 g/mol. The number of pyridine rings is 1. The summed E-state index contributed by atoms with van der Waals surface area (Å²) in [6.07, 6.45) is 2.80. The van der Waals surface area contributed by atoms with Crippen molar-refractivity contribution in [1.29, 1.82) is 0 Å². The van der Waals surface area contributed by atoms with E-state index in [0.29, 0.717) is 5.75 Å². The highest BCUT2D eigenvalue weighted by molar-refractivity contribution is 7.99. The standard InChI is InChI=1S/C14H15FN2S/c1-10-3-2-4-13(5-10)18-9-14(16)11-6-12(15)8-17-7-11/h2-8,14H,9,16H2,1H3. The summed E-state index contributed by atoms with van der Waals surface area (Å²) >= 11 is 1.67. The van der Waals surface area contributed by atoms with Gasteiger partial charge in [0.25, 0.3) is 0 Å². The molecule has 2 aromatic rings. The van der Waals surface area contributed by atoms with Gasteiger partial charge in [0, 0.05) is 22.9 Å². The van der Waals surface area contributed by atoms with Crippen molar-refractivity contribution in [3.8, 4) is 0 Å². The lowest BCUT2D eigenvalue weighted by atomic mass is 10.1. The van der Waals surface area contributed by atoms with Crippen LogP contribution in [0.3, 0.4) is 0 Å². The molecule has 0 fully saturated rings. The molecule has 1 aromatic heterocycles. The average molecular weight is 262 g/mol. The highest BCUT2D eigenvalue weighted by atomic mass is 32.2. The van der Waals surface area contributed by atoms with Crippen LogP contribution in [-0.2, 0) is 0 Å². The van der Waals surface area contributed by atoms with Crippen molar-refractivity contribution in [1.82, 2.24) is 4.98 Å². The molecule has 1 atom stereocenters. The molecule has 0 spiro atoms. The lowest BCUT2D eigenvalue weighted by molar-refractivity contribution is 0.615. The number of benzene rings is 1. The summed E-state index contributed by atoms with van der Waals surface area (Å²) in [6.45, 7) is 2.06. The van der Waals surface area contributed by atoms with Gasteiger partial charge in [-0.3, -0.25) is 4.98 Å². The fourth-order valence-electron chi connectivity index (χ4n) is 1.62. The molecule has 2 nitrogen and oxygen atoms in total. The van der Waals surface area contributed by atoms with Crippen molar-refractivity contribution in [2.45, 2.75) is 17.9 Å². The number of aryl methyl sites for hydroxylation is 1. The Balaban J connectivity index is 1.98. The highest BCUT2D eigenvalue weighted by Gasteiger charge is 2.08. The normalized spacial score (nSPS) is 12.4. The number of nitrogens with zero attached hydrogens (tertiary/aromatic N) is 1. The van der Waals surface area contributed by atoms with Gasteiger partial charge in [0.2, 0.25) is 0 Å². The van der Waals surface area contributed by atoms with Crippen molar-refractivity contribution >= 4 is 11.8 Å². The molecule has 0 radical (unpaired) electrons. The number of hydrogen-bond acceptors (Lipinski definition) is 3. The van der Waals surface area contributed by atoms with Crippen molar-refractivity contribution in [3.05, 3.63) is 59.7 Å². The first kappa shape index (κ1) is 13.1. The number of rotatable bonds is 4. The Hall–Kier alpha value is -1.39. The minimum absolute atomic E-state index is 0.210. The Morgan fingerprint density at radius 1 is 1.33 bits per heavy atom. The quantitative estimate of drug-likeness (QED) is 0.859. The SMILES string of the molecule is Cc1cccc(SCC(N)c2cncc(F)c2)c1. The summed E-state index contributed by atoms with van der Waals surface area (Å²) in [4.78, 5) is 4.99. The van der Waals surface area contributed by atoms with Crippen LogP contribution in [0, 0.1) is 12.7 Å². The monoisotopic (exact) mass is 262 g/mol. The summed E-state index contributed by atoms with van der Waals surface area (Å²) in [5, 5.41) is 0. The van der Waals surface area contributed by atoms with Gasteiger partial charge in [0.1, 0.15) is 5.82 Å². The minimum Gasteiger partial charge on any atom is -0.323 e. The van der Waals surface area contributed by atoms with Gasteiger partial charge in [-0.2, -0.15) is 0 Å². The van der Waals surface area contributed by atoms with Crippen LogP contribution in [0.2, 0.25) is 0 Å². The Morgan fingerprint density at radius 3 is 2.89 bits per heavy atom. The van der Waals surface area contributed by atoms with Gasteiger partial charge in [0.05, 0.1) is 6.20 Å². The summed E-state index contributed by atoms with van der Waals surface area (Å²) < 4.78 is 13.0. The topological polar surface area (TPSA) is 38.9 Å². The zero-order valence-corrected chi connectivity index (χ0v) is 11.0. The van der Waals surface area contributed by atoms with E-state index in [4.69, 9.17) is 5.73 Å². The van der Waals surface area contributed by atoms with E-state index in [9.17, 15) is 4.39 Å². The fourth-order valence-corrected chi connectivity index (χ4v) is 2.63. The molecule has 4 heteroatoms. The molecule has 1 heterocycles. The van der Waals surface area contributed by atoms with E-state index in [2.05, 4.69) is 24.0 Å². The lowest BCUT2D eigenvalue weighted by Gasteiger charge is -2.11. The number of halogens is 1. The summed E-state index contributed by atoms with van der Waals surface area (Å²) in [6, 6.07) is 9.47.